The minimum Gasteiger partial charge on any atom is -0.256 e. The van der Waals surface area contributed by atoms with Crippen LogP contribution >= 0.6 is 0 Å². The van der Waals surface area contributed by atoms with Crippen LogP contribution in [0.4, 0.5) is 0 Å². The third kappa shape index (κ3) is 4.62. The summed E-state index contributed by atoms with van der Waals surface area (Å²) in [6.07, 6.45) is 1.85. The Bertz CT molecular complexity index is 2830. The Kier molecular flexibility index (Phi) is 6.53. The molecule has 10 rings (SSSR count). The first kappa shape index (κ1) is 29.5. The van der Waals surface area contributed by atoms with Crippen LogP contribution in [0.1, 0.15) is 25.0 Å². The van der Waals surface area contributed by atoms with E-state index in [1.165, 1.54) is 49.5 Å². The molecule has 3 heteroatoms. The number of hydrogen-bond acceptors (Lipinski definition) is 3. The maximum atomic E-state index is 5.24. The van der Waals surface area contributed by atoms with Crippen LogP contribution in [0.3, 0.4) is 0 Å². The van der Waals surface area contributed by atoms with Crippen molar-refractivity contribution in [3.63, 3.8) is 0 Å². The van der Waals surface area contributed by atoms with Crippen molar-refractivity contribution >= 4 is 32.4 Å². The van der Waals surface area contributed by atoms with E-state index in [1.807, 2.05) is 30.5 Å². The highest BCUT2D eigenvalue weighted by Gasteiger charge is 2.38. The molecule has 0 unspecified atom stereocenters. The number of pyridine rings is 1. The van der Waals surface area contributed by atoms with Crippen LogP contribution < -0.4 is 0 Å². The number of nitrogens with zero attached hydrogens (tertiary/aromatic N) is 3. The first-order valence-electron chi connectivity index (χ1n) is 17.5. The first-order chi connectivity index (χ1) is 25.0. The number of para-hydroxylation sites is 1. The van der Waals surface area contributed by atoms with Gasteiger partial charge in [-0.05, 0) is 79.2 Å². The van der Waals surface area contributed by atoms with E-state index >= 15 is 0 Å². The fourth-order valence-corrected chi connectivity index (χ4v) is 8.30. The normalized spacial score (nSPS) is 13.1. The zero-order chi connectivity index (χ0) is 34.1. The Morgan fingerprint density at radius 3 is 1.82 bits per heavy atom. The Morgan fingerprint density at radius 1 is 0.431 bits per heavy atom. The van der Waals surface area contributed by atoms with Crippen molar-refractivity contribution in [3.05, 3.63) is 175 Å². The number of fused-ring (bicyclic) bond motifs is 6. The smallest absolute Gasteiger partial charge is 0.160 e. The molecule has 0 N–H and O–H groups in total. The molecule has 0 atom stereocenters. The number of benzene rings is 7. The third-order valence-electron chi connectivity index (χ3n) is 10.7. The molecule has 240 valence electrons. The van der Waals surface area contributed by atoms with E-state index in [4.69, 9.17) is 15.0 Å². The van der Waals surface area contributed by atoms with Crippen LogP contribution in [0.15, 0.2) is 164 Å². The molecule has 2 heterocycles. The third-order valence-corrected chi connectivity index (χ3v) is 10.7. The van der Waals surface area contributed by atoms with Crippen LogP contribution in [0, 0.1) is 0 Å². The summed E-state index contributed by atoms with van der Waals surface area (Å²) in [6, 6.07) is 56.3. The van der Waals surface area contributed by atoms with E-state index in [9.17, 15) is 0 Å². The van der Waals surface area contributed by atoms with Gasteiger partial charge in [0, 0.05) is 33.7 Å². The van der Waals surface area contributed by atoms with Gasteiger partial charge in [-0.3, -0.25) is 4.98 Å². The highest BCUT2D eigenvalue weighted by Crippen LogP contribution is 2.54. The molecule has 0 bridgehead atoms. The lowest BCUT2D eigenvalue weighted by Crippen LogP contribution is -2.16. The number of aromatic nitrogens is 3. The van der Waals surface area contributed by atoms with Gasteiger partial charge in [-0.15, -0.1) is 0 Å². The molecule has 0 amide bonds. The minimum absolute atomic E-state index is 0.163. The van der Waals surface area contributed by atoms with Gasteiger partial charge in [-0.25, -0.2) is 9.97 Å². The Morgan fingerprint density at radius 2 is 1.02 bits per heavy atom. The molecular formula is C48H33N3. The van der Waals surface area contributed by atoms with Crippen molar-refractivity contribution < 1.29 is 0 Å². The van der Waals surface area contributed by atoms with Gasteiger partial charge in [0.25, 0.3) is 0 Å². The van der Waals surface area contributed by atoms with Crippen molar-refractivity contribution in [1.82, 2.24) is 15.0 Å². The van der Waals surface area contributed by atoms with Gasteiger partial charge >= 0.3 is 0 Å². The topological polar surface area (TPSA) is 38.7 Å². The fraction of sp³-hybridized carbons (Fsp3) is 0.0625. The molecule has 0 saturated carbocycles. The highest BCUT2D eigenvalue weighted by molar-refractivity contribution is 6.07. The molecule has 9 aromatic rings. The maximum Gasteiger partial charge on any atom is 0.160 e. The summed E-state index contributed by atoms with van der Waals surface area (Å²) in [5, 5.41) is 6.00. The highest BCUT2D eigenvalue weighted by atomic mass is 14.9. The zero-order valence-electron chi connectivity index (χ0n) is 28.4. The van der Waals surface area contributed by atoms with Crippen LogP contribution in [0.25, 0.3) is 88.6 Å². The quantitative estimate of drug-likeness (QED) is 0.190. The van der Waals surface area contributed by atoms with Crippen molar-refractivity contribution in [2.24, 2.45) is 0 Å². The van der Waals surface area contributed by atoms with Gasteiger partial charge in [0.15, 0.2) is 5.82 Å². The Balaban J connectivity index is 1.19. The molecule has 0 radical (unpaired) electrons. The summed E-state index contributed by atoms with van der Waals surface area (Å²) < 4.78 is 0. The second kappa shape index (κ2) is 11.3. The second-order valence-corrected chi connectivity index (χ2v) is 14.0. The maximum absolute atomic E-state index is 5.24. The molecular weight excluding hydrogens is 619 g/mol. The summed E-state index contributed by atoms with van der Waals surface area (Å²) in [6.45, 7) is 4.75. The predicted molar refractivity (Wildman–Crippen MR) is 212 cm³/mol. The fourth-order valence-electron chi connectivity index (χ4n) is 8.30. The molecule has 7 aromatic carbocycles. The van der Waals surface area contributed by atoms with Gasteiger partial charge in [-0.1, -0.05) is 147 Å². The van der Waals surface area contributed by atoms with E-state index in [2.05, 4.69) is 147 Å². The summed E-state index contributed by atoms with van der Waals surface area (Å²) in [5.74, 6) is 0.692. The van der Waals surface area contributed by atoms with E-state index < -0.39 is 0 Å². The molecule has 0 fully saturated rings. The molecule has 1 aliphatic rings. The van der Waals surface area contributed by atoms with Crippen LogP contribution in [-0.4, -0.2) is 15.0 Å². The molecule has 2 aromatic heterocycles. The van der Waals surface area contributed by atoms with E-state index in [-0.39, 0.29) is 5.41 Å². The second-order valence-electron chi connectivity index (χ2n) is 14.0. The summed E-state index contributed by atoms with van der Waals surface area (Å²) >= 11 is 0. The zero-order valence-corrected chi connectivity index (χ0v) is 28.4. The molecule has 0 spiro atoms. The van der Waals surface area contributed by atoms with Gasteiger partial charge in [-0.2, -0.15) is 0 Å². The van der Waals surface area contributed by atoms with Crippen molar-refractivity contribution in [2.75, 3.05) is 0 Å². The Labute approximate surface area is 297 Å². The monoisotopic (exact) mass is 651 g/mol. The van der Waals surface area contributed by atoms with Crippen molar-refractivity contribution in [1.29, 1.82) is 0 Å². The average Bonchev–Trinajstić information content (AvgIpc) is 3.41. The first-order valence-corrected chi connectivity index (χ1v) is 17.5. The Hall–Kier alpha value is -6.45. The van der Waals surface area contributed by atoms with Gasteiger partial charge < -0.3 is 0 Å². The molecule has 1 aliphatic carbocycles. The summed E-state index contributed by atoms with van der Waals surface area (Å²) in [7, 11) is 0. The summed E-state index contributed by atoms with van der Waals surface area (Å²) in [4.78, 5) is 15.1. The van der Waals surface area contributed by atoms with Gasteiger partial charge in [0.2, 0.25) is 0 Å². The SMILES string of the molecule is CC1(C)c2cc3ccccc3cc2-c2cccc(-c3ccc(-c4cc(-c5cccc6cccnc56)nc(-c5ccccc5)n4)c4ccccc34)c21. The van der Waals surface area contributed by atoms with Crippen LogP contribution in [-0.2, 0) is 5.41 Å². The van der Waals surface area contributed by atoms with Gasteiger partial charge in [0.1, 0.15) is 0 Å². The molecule has 0 aliphatic heterocycles. The van der Waals surface area contributed by atoms with E-state index in [0.29, 0.717) is 5.82 Å². The summed E-state index contributed by atoms with van der Waals surface area (Å²) in [5.41, 5.74) is 13.5. The largest absolute Gasteiger partial charge is 0.256 e. The standard InChI is InChI=1S/C48H33N3/c1-48(2)42-28-33-16-7-6-15-32(33)27-41(42)39-22-11-21-38(45(39)48)36-24-25-37(35-20-9-8-19-34(35)36)43-29-44(51-47(50-43)31-13-4-3-5-14-31)40-23-10-17-30-18-12-26-49-46(30)40/h3-29H,1-2H3. The van der Waals surface area contributed by atoms with E-state index in [1.54, 1.807) is 0 Å². The van der Waals surface area contributed by atoms with Crippen molar-refractivity contribution in [3.8, 4) is 56.2 Å². The lowest BCUT2D eigenvalue weighted by atomic mass is 9.78. The lowest BCUT2D eigenvalue weighted by Gasteiger charge is -2.25. The minimum atomic E-state index is -0.163. The molecule has 3 nitrogen and oxygen atoms in total. The molecule has 0 saturated heterocycles. The molecule has 51 heavy (non-hydrogen) atoms. The number of hydrogen-bond donors (Lipinski definition) is 0. The average molecular weight is 652 g/mol. The van der Waals surface area contributed by atoms with Crippen molar-refractivity contribution in [2.45, 2.75) is 19.3 Å². The van der Waals surface area contributed by atoms with Gasteiger partial charge in [0.05, 0.1) is 16.9 Å². The van der Waals surface area contributed by atoms with E-state index in [0.717, 1.165) is 44.4 Å². The predicted octanol–water partition coefficient (Wildman–Crippen LogP) is 12.3. The lowest BCUT2D eigenvalue weighted by molar-refractivity contribution is 0.663. The van der Waals surface area contributed by atoms with Crippen LogP contribution in [0.2, 0.25) is 0 Å². The number of rotatable bonds is 4. The van der Waals surface area contributed by atoms with Crippen LogP contribution in [0.5, 0.6) is 0 Å².